The maximum absolute atomic E-state index is 13.3. The Hall–Kier alpha value is -3.93. The van der Waals surface area contributed by atoms with Crippen molar-refractivity contribution in [3.63, 3.8) is 0 Å². The zero-order valence-corrected chi connectivity index (χ0v) is 20.5. The molecule has 0 saturated heterocycles. The first kappa shape index (κ1) is 22.8. The van der Waals surface area contributed by atoms with Crippen LogP contribution in [0.4, 0.5) is 17.3 Å². The van der Waals surface area contributed by atoms with Crippen LogP contribution < -0.4 is 24.2 Å². The van der Waals surface area contributed by atoms with Gasteiger partial charge in [0.1, 0.15) is 17.2 Å². The first-order valence-corrected chi connectivity index (χ1v) is 12.4. The van der Waals surface area contributed by atoms with Crippen LogP contribution in [0.3, 0.4) is 0 Å². The van der Waals surface area contributed by atoms with Gasteiger partial charge in [-0.1, -0.05) is 18.1 Å². The monoisotopic (exact) mass is 499 g/mol. The minimum atomic E-state index is -4.13. The summed E-state index contributed by atoms with van der Waals surface area (Å²) in [7, 11) is 0.159. The molecule has 1 aliphatic heterocycles. The van der Waals surface area contributed by atoms with Crippen LogP contribution >= 0.6 is 0 Å². The zero-order valence-electron chi connectivity index (χ0n) is 19.7. The lowest BCUT2D eigenvalue weighted by Crippen LogP contribution is -2.15. The summed E-state index contributed by atoms with van der Waals surface area (Å²) in [5.41, 5.74) is 2.15. The molecule has 0 amide bonds. The minimum absolute atomic E-state index is 0.00704. The molecule has 0 spiro atoms. The van der Waals surface area contributed by atoms with E-state index in [4.69, 9.17) is 18.7 Å². The second-order valence-corrected chi connectivity index (χ2v) is 9.79. The molecule has 184 valence electrons. The van der Waals surface area contributed by atoms with E-state index in [1.165, 1.54) is 39.2 Å². The van der Waals surface area contributed by atoms with Crippen LogP contribution in [0.15, 0.2) is 45.8 Å². The zero-order chi connectivity index (χ0) is 24.7. The Morgan fingerprint density at radius 2 is 1.77 bits per heavy atom. The molecule has 0 unspecified atom stereocenters. The van der Waals surface area contributed by atoms with Crippen molar-refractivity contribution < 1.29 is 27.2 Å². The number of sulfonamides is 1. The number of rotatable bonds is 8. The predicted molar refractivity (Wildman–Crippen MR) is 129 cm³/mol. The summed E-state index contributed by atoms with van der Waals surface area (Å²) >= 11 is 0. The lowest BCUT2D eigenvalue weighted by atomic mass is 10.1. The molecule has 2 aromatic heterocycles. The molecule has 0 bridgehead atoms. The Morgan fingerprint density at radius 3 is 2.43 bits per heavy atom. The summed E-state index contributed by atoms with van der Waals surface area (Å²) in [5.74, 6) is 1.89. The fourth-order valence-corrected chi connectivity index (χ4v) is 5.57. The number of aromatic nitrogens is 3. The Morgan fingerprint density at radius 1 is 1.06 bits per heavy atom. The van der Waals surface area contributed by atoms with Crippen molar-refractivity contribution in [1.29, 1.82) is 0 Å². The second-order valence-electron chi connectivity index (χ2n) is 8.17. The molecule has 0 saturated carbocycles. The molecule has 11 nitrogen and oxygen atoms in total. The molecule has 35 heavy (non-hydrogen) atoms. The van der Waals surface area contributed by atoms with Gasteiger partial charge in [0.05, 0.1) is 32.4 Å². The molecule has 12 heteroatoms. The molecule has 4 aromatic rings. The standard InChI is InChI=1S/C23H25N5O6S/c1-13-8-9-28-16(13)12-21(25-28)24-15-11-19-14(10-20(15)33-4)23(26-34-19)27-35(29,30)22-17(31-2)6-5-7-18(22)32-3/h5-7,10-13H,8-9H2,1-4H3,(H,24,25)(H,26,27)/t13-/m0/s1. The summed E-state index contributed by atoms with van der Waals surface area (Å²) in [5, 5.41) is 12.2. The van der Waals surface area contributed by atoms with Crippen molar-refractivity contribution >= 4 is 38.3 Å². The maximum Gasteiger partial charge on any atom is 0.270 e. The molecule has 0 aliphatic carbocycles. The highest BCUT2D eigenvalue weighted by molar-refractivity contribution is 7.93. The van der Waals surface area contributed by atoms with Crippen molar-refractivity contribution in [3.05, 3.63) is 42.1 Å². The van der Waals surface area contributed by atoms with Crippen LogP contribution in [0.5, 0.6) is 17.2 Å². The first-order chi connectivity index (χ1) is 16.8. The third-order valence-corrected chi connectivity index (χ3v) is 7.43. The van der Waals surface area contributed by atoms with Crippen molar-refractivity contribution in [3.8, 4) is 17.2 Å². The number of benzene rings is 2. The topological polar surface area (TPSA) is 130 Å². The molecule has 0 fully saturated rings. The average Bonchev–Trinajstić information content (AvgIpc) is 3.53. The van der Waals surface area contributed by atoms with Gasteiger partial charge in [-0.05, 0) is 30.5 Å². The van der Waals surface area contributed by atoms with Gasteiger partial charge >= 0.3 is 0 Å². The van der Waals surface area contributed by atoms with Crippen LogP contribution in [0.1, 0.15) is 25.0 Å². The highest BCUT2D eigenvalue weighted by Gasteiger charge is 2.27. The Kier molecular flexibility index (Phi) is 5.67. The van der Waals surface area contributed by atoms with E-state index in [0.717, 1.165) is 13.0 Å². The predicted octanol–water partition coefficient (Wildman–Crippen LogP) is 4.10. The van der Waals surface area contributed by atoms with E-state index < -0.39 is 10.0 Å². The second kappa shape index (κ2) is 8.69. The molecule has 3 heterocycles. The van der Waals surface area contributed by atoms with Gasteiger partial charge in [-0.15, -0.1) is 0 Å². The number of hydrogen-bond donors (Lipinski definition) is 2. The molecular weight excluding hydrogens is 474 g/mol. The van der Waals surface area contributed by atoms with Crippen molar-refractivity contribution in [1.82, 2.24) is 14.9 Å². The summed E-state index contributed by atoms with van der Waals surface area (Å²) in [6, 6.07) is 10.1. The Labute approximate surface area is 202 Å². The third kappa shape index (κ3) is 3.99. The van der Waals surface area contributed by atoms with Crippen LogP contribution in [-0.4, -0.2) is 44.7 Å². The summed E-state index contributed by atoms with van der Waals surface area (Å²) in [6.07, 6.45) is 1.08. The van der Waals surface area contributed by atoms with Gasteiger partial charge in [0.25, 0.3) is 10.0 Å². The largest absolute Gasteiger partial charge is 0.495 e. The van der Waals surface area contributed by atoms with Crippen LogP contribution in [0, 0.1) is 0 Å². The molecule has 2 aromatic carbocycles. The van der Waals surface area contributed by atoms with Gasteiger partial charge in [0.15, 0.2) is 22.1 Å². The van der Waals surface area contributed by atoms with Gasteiger partial charge in [-0.2, -0.15) is 5.10 Å². The molecule has 0 radical (unpaired) electrons. The Balaban J connectivity index is 1.49. The lowest BCUT2D eigenvalue weighted by molar-refractivity contribution is 0.373. The van der Waals surface area contributed by atoms with E-state index >= 15 is 0 Å². The molecule has 5 rings (SSSR count). The van der Waals surface area contributed by atoms with Crippen molar-refractivity contribution in [2.45, 2.75) is 30.7 Å². The van der Waals surface area contributed by atoms with Crippen LogP contribution in [0.2, 0.25) is 0 Å². The van der Waals surface area contributed by atoms with E-state index in [1.54, 1.807) is 18.2 Å². The number of nitrogens with one attached hydrogen (secondary N) is 2. The number of fused-ring (bicyclic) bond motifs is 2. The van der Waals surface area contributed by atoms with Crippen molar-refractivity contribution in [2.24, 2.45) is 0 Å². The highest BCUT2D eigenvalue weighted by Crippen LogP contribution is 2.39. The van der Waals surface area contributed by atoms with Gasteiger partial charge in [-0.3, -0.25) is 9.40 Å². The summed E-state index contributed by atoms with van der Waals surface area (Å²) in [6.45, 7) is 3.06. The van der Waals surface area contributed by atoms with Crippen molar-refractivity contribution in [2.75, 3.05) is 31.4 Å². The third-order valence-electron chi connectivity index (χ3n) is 6.03. The van der Waals surface area contributed by atoms with E-state index in [9.17, 15) is 8.42 Å². The molecular formula is C23H25N5O6S. The van der Waals surface area contributed by atoms with E-state index in [-0.39, 0.29) is 22.2 Å². The number of hydrogen-bond acceptors (Lipinski definition) is 9. The van der Waals surface area contributed by atoms with Gasteiger partial charge in [-0.25, -0.2) is 8.42 Å². The van der Waals surface area contributed by atoms with Crippen LogP contribution in [-0.2, 0) is 16.6 Å². The SMILES string of the molecule is COc1cc2c(NS(=O)(=O)c3c(OC)cccc3OC)noc2cc1Nc1cc2n(n1)CC[C@@H]2C. The van der Waals surface area contributed by atoms with E-state index in [0.29, 0.717) is 34.1 Å². The highest BCUT2D eigenvalue weighted by atomic mass is 32.2. The maximum atomic E-state index is 13.3. The summed E-state index contributed by atoms with van der Waals surface area (Å²) < 4.78 is 52.4. The Bertz CT molecular complexity index is 1490. The number of aryl methyl sites for hydroxylation is 1. The average molecular weight is 500 g/mol. The number of ether oxygens (including phenoxy) is 3. The number of methoxy groups -OCH3 is 3. The quantitative estimate of drug-likeness (QED) is 0.368. The van der Waals surface area contributed by atoms with E-state index in [2.05, 4.69) is 27.2 Å². The summed E-state index contributed by atoms with van der Waals surface area (Å²) in [4.78, 5) is -0.145. The van der Waals surface area contributed by atoms with Crippen LogP contribution in [0.25, 0.3) is 11.0 Å². The van der Waals surface area contributed by atoms with E-state index in [1.807, 2.05) is 10.7 Å². The van der Waals surface area contributed by atoms with Gasteiger partial charge < -0.3 is 24.1 Å². The molecule has 1 atom stereocenters. The number of anilines is 3. The fourth-order valence-electron chi connectivity index (χ4n) is 4.23. The molecule has 2 N–H and O–H groups in total. The smallest absolute Gasteiger partial charge is 0.270 e. The number of nitrogens with zero attached hydrogens (tertiary/aromatic N) is 3. The van der Waals surface area contributed by atoms with Gasteiger partial charge in [0.2, 0.25) is 0 Å². The minimum Gasteiger partial charge on any atom is -0.495 e. The first-order valence-electron chi connectivity index (χ1n) is 10.9. The normalized spacial score (nSPS) is 15.1. The molecule has 1 aliphatic rings. The fraction of sp³-hybridized carbons (Fsp3) is 0.304. The van der Waals surface area contributed by atoms with Gasteiger partial charge in [0, 0.05) is 24.4 Å². The lowest BCUT2D eigenvalue weighted by Gasteiger charge is -2.14.